The summed E-state index contributed by atoms with van der Waals surface area (Å²) in [6.07, 6.45) is 1.55. The summed E-state index contributed by atoms with van der Waals surface area (Å²) in [5.41, 5.74) is 0.850. The maximum absolute atomic E-state index is 12.8. The number of sulfone groups is 1. The van der Waals surface area contributed by atoms with Gasteiger partial charge in [-0.2, -0.15) is 0 Å². The molecule has 0 aliphatic carbocycles. The molecular formula is C16H16FN3O4S. The molecule has 9 heteroatoms. The summed E-state index contributed by atoms with van der Waals surface area (Å²) in [4.78, 5) is 27.5. The van der Waals surface area contributed by atoms with Crippen LogP contribution in [-0.2, 0) is 26.0 Å². The number of nitrogens with zero attached hydrogens (tertiary/aromatic N) is 1. The van der Waals surface area contributed by atoms with Crippen LogP contribution in [0.25, 0.3) is 0 Å². The molecule has 2 rings (SSSR count). The van der Waals surface area contributed by atoms with E-state index in [1.54, 1.807) is 24.4 Å². The lowest BCUT2D eigenvalue weighted by Gasteiger charge is -2.07. The van der Waals surface area contributed by atoms with Gasteiger partial charge in [0, 0.05) is 11.9 Å². The molecule has 1 aromatic heterocycles. The Morgan fingerprint density at radius 1 is 1.00 bits per heavy atom. The second kappa shape index (κ2) is 8.34. The quantitative estimate of drug-likeness (QED) is 0.758. The molecular weight excluding hydrogens is 349 g/mol. The molecule has 132 valence electrons. The topological polar surface area (TPSA) is 105 Å². The van der Waals surface area contributed by atoms with Gasteiger partial charge in [0.15, 0.2) is 9.84 Å². The van der Waals surface area contributed by atoms with Crippen LogP contribution in [0.4, 0.5) is 10.1 Å². The van der Waals surface area contributed by atoms with Gasteiger partial charge in [-0.05, 0) is 36.4 Å². The van der Waals surface area contributed by atoms with Crippen molar-refractivity contribution in [1.29, 1.82) is 0 Å². The van der Waals surface area contributed by atoms with Crippen LogP contribution < -0.4 is 10.6 Å². The molecule has 2 amide bonds. The highest BCUT2D eigenvalue weighted by Gasteiger charge is 2.21. The number of hydrogen-bond acceptors (Lipinski definition) is 5. The van der Waals surface area contributed by atoms with E-state index in [1.807, 2.05) is 0 Å². The van der Waals surface area contributed by atoms with Gasteiger partial charge >= 0.3 is 0 Å². The zero-order chi connectivity index (χ0) is 18.3. The zero-order valence-electron chi connectivity index (χ0n) is 13.1. The number of benzene rings is 1. The largest absolute Gasteiger partial charge is 0.350 e. The normalized spacial score (nSPS) is 10.9. The summed E-state index contributed by atoms with van der Waals surface area (Å²) in [7, 11) is -3.93. The predicted molar refractivity (Wildman–Crippen MR) is 89.8 cm³/mol. The van der Waals surface area contributed by atoms with Crippen LogP contribution in [0.15, 0.2) is 48.7 Å². The van der Waals surface area contributed by atoms with Crippen LogP contribution in [0.1, 0.15) is 5.69 Å². The van der Waals surface area contributed by atoms with E-state index in [0.717, 1.165) is 12.1 Å². The highest BCUT2D eigenvalue weighted by Crippen LogP contribution is 2.08. The first-order valence-corrected chi connectivity index (χ1v) is 9.09. The lowest BCUT2D eigenvalue weighted by Crippen LogP contribution is -2.34. The van der Waals surface area contributed by atoms with Gasteiger partial charge in [0.2, 0.25) is 11.8 Å². The molecule has 0 spiro atoms. The van der Waals surface area contributed by atoms with Crippen molar-refractivity contribution in [2.45, 2.75) is 6.54 Å². The van der Waals surface area contributed by atoms with Crippen LogP contribution in [0.5, 0.6) is 0 Å². The number of nitrogens with one attached hydrogen (secondary N) is 2. The summed E-state index contributed by atoms with van der Waals surface area (Å²) in [5, 5.41) is 4.76. The van der Waals surface area contributed by atoms with E-state index in [-0.39, 0.29) is 12.2 Å². The van der Waals surface area contributed by atoms with Crippen LogP contribution >= 0.6 is 0 Å². The second-order valence-electron chi connectivity index (χ2n) is 5.19. The average Bonchev–Trinajstić information content (AvgIpc) is 2.55. The van der Waals surface area contributed by atoms with Crippen molar-refractivity contribution < 1.29 is 22.4 Å². The van der Waals surface area contributed by atoms with Crippen molar-refractivity contribution in [3.8, 4) is 0 Å². The Labute approximate surface area is 144 Å². The molecule has 2 N–H and O–H groups in total. The molecule has 0 fully saturated rings. The average molecular weight is 365 g/mol. The van der Waals surface area contributed by atoms with Crippen LogP contribution in [0, 0.1) is 5.82 Å². The van der Waals surface area contributed by atoms with Crippen molar-refractivity contribution in [2.75, 3.05) is 16.8 Å². The van der Waals surface area contributed by atoms with Gasteiger partial charge in [-0.15, -0.1) is 0 Å². The number of halogens is 1. The maximum Gasteiger partial charge on any atom is 0.239 e. The van der Waals surface area contributed by atoms with Gasteiger partial charge in [0.05, 0.1) is 12.2 Å². The number of hydrogen-bond donors (Lipinski definition) is 2. The van der Waals surface area contributed by atoms with Gasteiger partial charge in [-0.3, -0.25) is 14.6 Å². The fourth-order valence-electron chi connectivity index (χ4n) is 1.92. The van der Waals surface area contributed by atoms with Crippen molar-refractivity contribution >= 4 is 27.3 Å². The van der Waals surface area contributed by atoms with Crippen molar-refractivity contribution in [3.63, 3.8) is 0 Å². The van der Waals surface area contributed by atoms with Gasteiger partial charge in [0.1, 0.15) is 17.3 Å². The predicted octanol–water partition coefficient (Wildman–Crippen LogP) is 0.890. The van der Waals surface area contributed by atoms with E-state index in [9.17, 15) is 22.4 Å². The second-order valence-corrected chi connectivity index (χ2v) is 7.25. The minimum absolute atomic E-state index is 0.0942. The van der Waals surface area contributed by atoms with Gasteiger partial charge < -0.3 is 10.6 Å². The molecule has 0 aliphatic rings. The Morgan fingerprint density at radius 2 is 1.68 bits per heavy atom. The Hall–Kier alpha value is -2.81. The van der Waals surface area contributed by atoms with E-state index >= 15 is 0 Å². The molecule has 1 aromatic carbocycles. The van der Waals surface area contributed by atoms with E-state index in [0.29, 0.717) is 5.69 Å². The first-order valence-electron chi connectivity index (χ1n) is 7.26. The summed E-state index contributed by atoms with van der Waals surface area (Å²) >= 11 is 0. The fourth-order valence-corrected chi connectivity index (χ4v) is 3.00. The Kier molecular flexibility index (Phi) is 6.18. The SMILES string of the molecule is O=C(CS(=O)(=O)CC(=O)Nc1ccc(F)cc1)NCc1ccccn1. The lowest BCUT2D eigenvalue weighted by atomic mass is 10.3. The van der Waals surface area contributed by atoms with E-state index < -0.39 is 39.0 Å². The number of pyridine rings is 1. The molecule has 0 saturated carbocycles. The third-order valence-corrected chi connectivity index (χ3v) is 4.43. The first-order chi connectivity index (χ1) is 11.8. The molecule has 7 nitrogen and oxygen atoms in total. The third kappa shape index (κ3) is 6.68. The standard InChI is InChI=1S/C16H16FN3O4S/c17-12-4-6-13(7-5-12)20-16(22)11-25(23,24)10-15(21)19-9-14-3-1-2-8-18-14/h1-8H,9-11H2,(H,19,21)(H,20,22). The van der Waals surface area contributed by atoms with Crippen LogP contribution in [0.2, 0.25) is 0 Å². The van der Waals surface area contributed by atoms with Gasteiger partial charge in [-0.25, -0.2) is 12.8 Å². The Morgan fingerprint density at radius 3 is 2.32 bits per heavy atom. The summed E-state index contributed by atoms with van der Waals surface area (Å²) < 4.78 is 36.6. The van der Waals surface area contributed by atoms with Crippen molar-refractivity contribution in [2.24, 2.45) is 0 Å². The number of amides is 2. The van der Waals surface area contributed by atoms with E-state index in [2.05, 4.69) is 15.6 Å². The van der Waals surface area contributed by atoms with E-state index in [1.165, 1.54) is 12.1 Å². The molecule has 0 aliphatic heterocycles. The fraction of sp³-hybridized carbons (Fsp3) is 0.188. The minimum Gasteiger partial charge on any atom is -0.350 e. The van der Waals surface area contributed by atoms with Crippen LogP contribution in [-0.4, -0.2) is 36.7 Å². The molecule has 0 unspecified atom stereocenters. The summed E-state index contributed by atoms with van der Waals surface area (Å²) in [5.74, 6) is -3.66. The number of carbonyl (C=O) groups is 2. The van der Waals surface area contributed by atoms with Gasteiger partial charge in [0.25, 0.3) is 0 Å². The molecule has 0 radical (unpaired) electrons. The highest BCUT2D eigenvalue weighted by molar-refractivity contribution is 7.92. The minimum atomic E-state index is -3.93. The zero-order valence-corrected chi connectivity index (χ0v) is 13.9. The summed E-state index contributed by atoms with van der Waals surface area (Å²) in [6.45, 7) is 0.0942. The van der Waals surface area contributed by atoms with Gasteiger partial charge in [-0.1, -0.05) is 6.07 Å². The number of anilines is 1. The molecule has 0 bridgehead atoms. The van der Waals surface area contributed by atoms with Crippen molar-refractivity contribution in [3.05, 3.63) is 60.2 Å². The molecule has 25 heavy (non-hydrogen) atoms. The molecule has 2 aromatic rings. The first kappa shape index (κ1) is 18.5. The Bertz CT molecular complexity index is 839. The lowest BCUT2D eigenvalue weighted by molar-refractivity contribution is -0.118. The maximum atomic E-state index is 12.8. The van der Waals surface area contributed by atoms with Crippen molar-refractivity contribution in [1.82, 2.24) is 10.3 Å². The summed E-state index contributed by atoms with van der Waals surface area (Å²) in [6, 6.07) is 10.0. The molecule has 0 saturated heterocycles. The third-order valence-electron chi connectivity index (χ3n) is 3.02. The monoisotopic (exact) mass is 365 g/mol. The number of carbonyl (C=O) groups excluding carboxylic acids is 2. The highest BCUT2D eigenvalue weighted by atomic mass is 32.2. The van der Waals surface area contributed by atoms with Crippen LogP contribution in [0.3, 0.4) is 0 Å². The Balaban J connectivity index is 1.82. The molecule has 1 heterocycles. The smallest absolute Gasteiger partial charge is 0.239 e. The van der Waals surface area contributed by atoms with E-state index in [4.69, 9.17) is 0 Å². The molecule has 0 atom stereocenters. The number of rotatable bonds is 7. The number of aromatic nitrogens is 1.